The first kappa shape index (κ1) is 16.7. The topological polar surface area (TPSA) is 127 Å². The average molecular weight is 329 g/mol. The van der Waals surface area contributed by atoms with Crippen molar-refractivity contribution in [2.45, 2.75) is 30.8 Å². The lowest BCUT2D eigenvalue weighted by atomic mass is 9.93. The van der Waals surface area contributed by atoms with Gasteiger partial charge in [-0.25, -0.2) is 13.6 Å². The lowest BCUT2D eigenvalue weighted by Crippen LogP contribution is -2.39. The SMILES string of the molecule is CC(O)C1CCCN(c2cc([N+](=O)[O-])cc(S(N)(=O)=O)c2)C1. The molecule has 0 aliphatic carbocycles. The van der Waals surface area contributed by atoms with Crippen molar-refractivity contribution in [3.8, 4) is 0 Å². The second-order valence-corrected chi connectivity index (χ2v) is 7.14. The predicted molar refractivity (Wildman–Crippen MR) is 81.1 cm³/mol. The smallest absolute Gasteiger partial charge is 0.272 e. The Bertz CT molecular complexity index is 674. The van der Waals surface area contributed by atoms with Crippen molar-refractivity contribution in [1.82, 2.24) is 0 Å². The van der Waals surface area contributed by atoms with E-state index < -0.39 is 21.1 Å². The molecule has 2 unspecified atom stereocenters. The second-order valence-electron chi connectivity index (χ2n) is 5.58. The summed E-state index contributed by atoms with van der Waals surface area (Å²) in [5.41, 5.74) is 0.115. The highest BCUT2D eigenvalue weighted by Gasteiger charge is 2.26. The van der Waals surface area contributed by atoms with Crippen molar-refractivity contribution in [2.75, 3.05) is 18.0 Å². The molecule has 122 valence electrons. The summed E-state index contributed by atoms with van der Waals surface area (Å²) in [6, 6.07) is 3.63. The Balaban J connectivity index is 2.41. The molecule has 0 spiro atoms. The van der Waals surface area contributed by atoms with Crippen molar-refractivity contribution in [3.05, 3.63) is 28.3 Å². The molecule has 8 nitrogen and oxygen atoms in total. The first-order chi connectivity index (χ1) is 10.2. The van der Waals surface area contributed by atoms with Crippen LogP contribution in [-0.4, -0.2) is 37.6 Å². The van der Waals surface area contributed by atoms with E-state index in [0.29, 0.717) is 18.8 Å². The molecule has 1 aromatic rings. The summed E-state index contributed by atoms with van der Waals surface area (Å²) in [6.07, 6.45) is 1.20. The number of aliphatic hydroxyl groups excluding tert-OH is 1. The molecule has 1 heterocycles. The third kappa shape index (κ3) is 3.73. The summed E-state index contributed by atoms with van der Waals surface area (Å²) < 4.78 is 23.0. The molecule has 1 fully saturated rings. The molecule has 22 heavy (non-hydrogen) atoms. The summed E-state index contributed by atoms with van der Waals surface area (Å²) in [7, 11) is -4.03. The zero-order valence-electron chi connectivity index (χ0n) is 12.2. The van der Waals surface area contributed by atoms with Crippen LogP contribution in [0.15, 0.2) is 23.1 Å². The maximum absolute atomic E-state index is 11.5. The van der Waals surface area contributed by atoms with Gasteiger partial charge >= 0.3 is 0 Å². The Morgan fingerprint density at radius 3 is 2.68 bits per heavy atom. The van der Waals surface area contributed by atoms with E-state index in [9.17, 15) is 23.6 Å². The summed E-state index contributed by atoms with van der Waals surface area (Å²) in [5, 5.41) is 25.8. The molecule has 1 aliphatic rings. The van der Waals surface area contributed by atoms with Crippen LogP contribution in [0, 0.1) is 16.0 Å². The molecule has 2 rings (SSSR count). The molecule has 1 aliphatic heterocycles. The Morgan fingerprint density at radius 1 is 1.45 bits per heavy atom. The van der Waals surface area contributed by atoms with Gasteiger partial charge in [0.15, 0.2) is 0 Å². The molecular formula is C13H19N3O5S. The first-order valence-electron chi connectivity index (χ1n) is 6.94. The number of piperidine rings is 1. The standard InChI is InChI=1S/C13H19N3O5S/c1-9(17)10-3-2-4-15(8-10)11-5-12(16(18)19)7-13(6-11)22(14,20)21/h5-7,9-10,17H,2-4,8H2,1H3,(H2,14,20,21). The van der Waals surface area contributed by atoms with Crippen molar-refractivity contribution in [3.63, 3.8) is 0 Å². The van der Waals surface area contributed by atoms with E-state index in [1.165, 1.54) is 12.1 Å². The fraction of sp³-hybridized carbons (Fsp3) is 0.538. The van der Waals surface area contributed by atoms with Gasteiger partial charge in [0, 0.05) is 36.8 Å². The van der Waals surface area contributed by atoms with Gasteiger partial charge in [0.2, 0.25) is 10.0 Å². The number of non-ortho nitro benzene ring substituents is 1. The van der Waals surface area contributed by atoms with Crippen LogP contribution in [0.2, 0.25) is 0 Å². The van der Waals surface area contributed by atoms with Crippen molar-refractivity contribution in [2.24, 2.45) is 11.1 Å². The highest BCUT2D eigenvalue weighted by molar-refractivity contribution is 7.89. The molecular weight excluding hydrogens is 310 g/mol. The van der Waals surface area contributed by atoms with Gasteiger partial charge in [0.25, 0.3) is 5.69 Å². The van der Waals surface area contributed by atoms with Gasteiger partial charge in [-0.15, -0.1) is 0 Å². The van der Waals surface area contributed by atoms with E-state index in [1.54, 1.807) is 6.92 Å². The summed E-state index contributed by atoms with van der Waals surface area (Å²) in [5.74, 6) is 0.0472. The van der Waals surface area contributed by atoms with Crippen molar-refractivity contribution < 1.29 is 18.4 Å². The van der Waals surface area contributed by atoms with Crippen LogP contribution >= 0.6 is 0 Å². The number of primary sulfonamides is 1. The summed E-state index contributed by atoms with van der Waals surface area (Å²) >= 11 is 0. The predicted octanol–water partition coefficient (Wildman–Crippen LogP) is 0.839. The average Bonchev–Trinajstić information content (AvgIpc) is 2.46. The monoisotopic (exact) mass is 329 g/mol. The van der Waals surface area contributed by atoms with Gasteiger partial charge in [0.05, 0.1) is 15.9 Å². The molecule has 0 aromatic heterocycles. The number of aliphatic hydroxyl groups is 1. The number of nitrogens with two attached hydrogens (primary N) is 1. The van der Waals surface area contributed by atoms with Crippen LogP contribution in [0.1, 0.15) is 19.8 Å². The van der Waals surface area contributed by atoms with Gasteiger partial charge in [-0.05, 0) is 25.8 Å². The van der Waals surface area contributed by atoms with Crippen LogP contribution in [0.25, 0.3) is 0 Å². The Labute approximate surface area is 128 Å². The number of nitro groups is 1. The van der Waals surface area contributed by atoms with Gasteiger partial charge in [-0.2, -0.15) is 0 Å². The van der Waals surface area contributed by atoms with Crippen LogP contribution < -0.4 is 10.0 Å². The van der Waals surface area contributed by atoms with Crippen LogP contribution in [0.3, 0.4) is 0 Å². The molecule has 2 atom stereocenters. The molecule has 3 N–H and O–H groups in total. The third-order valence-electron chi connectivity index (χ3n) is 3.92. The molecule has 1 aromatic carbocycles. The fourth-order valence-corrected chi connectivity index (χ4v) is 3.23. The minimum Gasteiger partial charge on any atom is -0.393 e. The van der Waals surface area contributed by atoms with Crippen LogP contribution in [-0.2, 0) is 10.0 Å². The van der Waals surface area contributed by atoms with E-state index in [0.717, 1.165) is 18.9 Å². The van der Waals surface area contributed by atoms with Crippen molar-refractivity contribution in [1.29, 1.82) is 0 Å². The lowest BCUT2D eigenvalue weighted by molar-refractivity contribution is -0.385. The van der Waals surface area contributed by atoms with Gasteiger partial charge in [-0.3, -0.25) is 10.1 Å². The summed E-state index contributed by atoms with van der Waals surface area (Å²) in [4.78, 5) is 11.9. The van der Waals surface area contributed by atoms with Crippen molar-refractivity contribution >= 4 is 21.4 Å². The number of rotatable bonds is 4. The maximum atomic E-state index is 11.5. The zero-order chi connectivity index (χ0) is 16.5. The summed E-state index contributed by atoms with van der Waals surface area (Å²) in [6.45, 7) is 2.87. The Morgan fingerprint density at radius 2 is 2.14 bits per heavy atom. The maximum Gasteiger partial charge on any atom is 0.272 e. The molecule has 0 saturated carbocycles. The van der Waals surface area contributed by atoms with E-state index in [4.69, 9.17) is 5.14 Å². The number of anilines is 1. The van der Waals surface area contributed by atoms with Gasteiger partial charge in [-0.1, -0.05) is 0 Å². The molecule has 1 saturated heterocycles. The number of benzene rings is 1. The lowest BCUT2D eigenvalue weighted by Gasteiger charge is -2.35. The van der Waals surface area contributed by atoms with E-state index >= 15 is 0 Å². The Hall–Kier alpha value is -1.71. The quantitative estimate of drug-likeness (QED) is 0.622. The number of hydrogen-bond acceptors (Lipinski definition) is 6. The number of sulfonamides is 1. The second kappa shape index (κ2) is 6.19. The fourth-order valence-electron chi connectivity index (χ4n) is 2.66. The largest absolute Gasteiger partial charge is 0.393 e. The van der Waals surface area contributed by atoms with E-state index in [2.05, 4.69) is 0 Å². The highest BCUT2D eigenvalue weighted by atomic mass is 32.2. The normalized spacial score (nSPS) is 20.7. The van der Waals surface area contributed by atoms with Crippen LogP contribution in [0.5, 0.6) is 0 Å². The molecule has 0 amide bonds. The Kier molecular flexibility index (Phi) is 4.69. The molecule has 0 radical (unpaired) electrons. The first-order valence-corrected chi connectivity index (χ1v) is 8.48. The zero-order valence-corrected chi connectivity index (χ0v) is 13.0. The minimum atomic E-state index is -4.03. The van der Waals surface area contributed by atoms with Gasteiger partial charge < -0.3 is 10.0 Å². The minimum absolute atomic E-state index is 0.0472. The highest BCUT2D eigenvalue weighted by Crippen LogP contribution is 2.30. The van der Waals surface area contributed by atoms with E-state index in [-0.39, 0.29) is 16.5 Å². The molecule has 0 bridgehead atoms. The number of nitro benzene ring substituents is 1. The number of hydrogen-bond donors (Lipinski definition) is 2. The van der Waals surface area contributed by atoms with Gasteiger partial charge in [0.1, 0.15) is 0 Å². The molecule has 9 heteroatoms. The number of nitrogens with zero attached hydrogens (tertiary/aromatic N) is 2. The van der Waals surface area contributed by atoms with E-state index in [1.807, 2.05) is 4.90 Å². The van der Waals surface area contributed by atoms with Crippen LogP contribution in [0.4, 0.5) is 11.4 Å². The third-order valence-corrected chi connectivity index (χ3v) is 4.81.